The van der Waals surface area contributed by atoms with Crippen molar-refractivity contribution in [3.63, 3.8) is 0 Å². The highest BCUT2D eigenvalue weighted by molar-refractivity contribution is 6.35. The van der Waals surface area contributed by atoms with E-state index in [9.17, 15) is 9.59 Å². The van der Waals surface area contributed by atoms with Gasteiger partial charge in [0.25, 0.3) is 0 Å². The molecule has 0 bridgehead atoms. The zero-order chi connectivity index (χ0) is 21.5. The van der Waals surface area contributed by atoms with Crippen molar-refractivity contribution in [2.24, 2.45) is 0 Å². The van der Waals surface area contributed by atoms with Crippen molar-refractivity contribution in [1.82, 2.24) is 10.2 Å². The molecule has 1 fully saturated rings. The Balaban J connectivity index is 1.76. The van der Waals surface area contributed by atoms with E-state index in [1.807, 2.05) is 30.3 Å². The second-order valence-electron chi connectivity index (χ2n) is 7.94. The summed E-state index contributed by atoms with van der Waals surface area (Å²) in [5, 5.41) is 4.13. The topological polar surface area (TPSA) is 49.4 Å². The molecule has 1 N–H and O–H groups in total. The van der Waals surface area contributed by atoms with Gasteiger partial charge in [-0.3, -0.25) is 9.59 Å². The number of halogens is 2. The van der Waals surface area contributed by atoms with Crippen LogP contribution in [0.15, 0.2) is 48.5 Å². The lowest BCUT2D eigenvalue weighted by Crippen LogP contribution is -2.50. The fourth-order valence-corrected chi connectivity index (χ4v) is 4.34. The third kappa shape index (κ3) is 6.23. The number of carbonyl (C=O) groups is 2. The molecule has 160 valence electrons. The summed E-state index contributed by atoms with van der Waals surface area (Å²) in [6.45, 7) is 2.16. The van der Waals surface area contributed by atoms with Gasteiger partial charge in [-0.1, -0.05) is 78.9 Å². The van der Waals surface area contributed by atoms with Crippen LogP contribution in [0.2, 0.25) is 10.0 Å². The first-order valence-corrected chi connectivity index (χ1v) is 11.3. The van der Waals surface area contributed by atoms with E-state index in [2.05, 4.69) is 5.32 Å². The first-order chi connectivity index (χ1) is 14.4. The van der Waals surface area contributed by atoms with Crippen LogP contribution in [0.3, 0.4) is 0 Å². The molecule has 0 heterocycles. The third-order valence-electron chi connectivity index (χ3n) is 5.67. The molecule has 1 aliphatic carbocycles. The second-order valence-corrected chi connectivity index (χ2v) is 8.78. The van der Waals surface area contributed by atoms with Crippen molar-refractivity contribution in [2.45, 2.75) is 64.1 Å². The first-order valence-electron chi connectivity index (χ1n) is 10.5. The van der Waals surface area contributed by atoms with Crippen LogP contribution in [-0.2, 0) is 22.6 Å². The van der Waals surface area contributed by atoms with E-state index < -0.39 is 6.04 Å². The minimum absolute atomic E-state index is 0.103. The molecule has 0 aliphatic heterocycles. The maximum Gasteiger partial charge on any atom is 0.242 e. The van der Waals surface area contributed by atoms with Gasteiger partial charge in [0.05, 0.1) is 6.42 Å². The van der Waals surface area contributed by atoms with Crippen molar-refractivity contribution < 1.29 is 9.59 Å². The minimum Gasteiger partial charge on any atom is -0.352 e. The van der Waals surface area contributed by atoms with Crippen LogP contribution in [0.5, 0.6) is 0 Å². The lowest BCUT2D eigenvalue weighted by atomic mass is 9.95. The Hall–Kier alpha value is -2.04. The SMILES string of the molecule is C[C@@H](C(=O)NC1CCCCC1)N(Cc1ccccc1)C(=O)Cc1ccc(Cl)cc1Cl. The van der Waals surface area contributed by atoms with Gasteiger partial charge >= 0.3 is 0 Å². The monoisotopic (exact) mass is 446 g/mol. The number of benzene rings is 2. The van der Waals surface area contributed by atoms with Gasteiger partial charge in [0, 0.05) is 22.6 Å². The van der Waals surface area contributed by atoms with Crippen LogP contribution in [0.4, 0.5) is 0 Å². The molecule has 3 rings (SSSR count). The Morgan fingerprint density at radius 3 is 2.43 bits per heavy atom. The number of hydrogen-bond acceptors (Lipinski definition) is 2. The molecule has 2 aromatic rings. The largest absolute Gasteiger partial charge is 0.352 e. The van der Waals surface area contributed by atoms with E-state index in [1.165, 1.54) is 6.42 Å². The Morgan fingerprint density at radius 2 is 1.77 bits per heavy atom. The summed E-state index contributed by atoms with van der Waals surface area (Å²) in [6, 6.07) is 14.4. The zero-order valence-electron chi connectivity index (χ0n) is 17.2. The van der Waals surface area contributed by atoms with E-state index in [4.69, 9.17) is 23.2 Å². The summed E-state index contributed by atoms with van der Waals surface area (Å²) in [6.07, 6.45) is 5.63. The Bertz CT molecular complexity index is 867. The van der Waals surface area contributed by atoms with Crippen LogP contribution in [0.25, 0.3) is 0 Å². The summed E-state index contributed by atoms with van der Waals surface area (Å²) in [7, 11) is 0. The molecule has 2 aromatic carbocycles. The first kappa shape index (κ1) is 22.6. The van der Waals surface area contributed by atoms with E-state index >= 15 is 0 Å². The fraction of sp³-hybridized carbons (Fsp3) is 0.417. The standard InChI is InChI=1S/C24H28Cl2N2O2/c1-17(24(30)27-21-10-6-3-7-11-21)28(16-18-8-4-2-5-9-18)23(29)14-19-12-13-20(25)15-22(19)26/h2,4-5,8-9,12-13,15,17,21H,3,6-7,10-11,14,16H2,1H3,(H,27,30)/t17-/m0/s1. The number of carbonyl (C=O) groups excluding carboxylic acids is 2. The predicted molar refractivity (Wildman–Crippen MR) is 122 cm³/mol. The molecule has 30 heavy (non-hydrogen) atoms. The Labute approximate surface area is 188 Å². The summed E-state index contributed by atoms with van der Waals surface area (Å²) in [5.41, 5.74) is 1.68. The second kappa shape index (κ2) is 10.8. The number of rotatable bonds is 7. The maximum atomic E-state index is 13.2. The zero-order valence-corrected chi connectivity index (χ0v) is 18.8. The third-order valence-corrected chi connectivity index (χ3v) is 6.26. The van der Waals surface area contributed by atoms with Gasteiger partial charge in [-0.25, -0.2) is 0 Å². The van der Waals surface area contributed by atoms with Gasteiger partial charge in [0.2, 0.25) is 11.8 Å². The number of nitrogens with one attached hydrogen (secondary N) is 1. The van der Waals surface area contributed by atoms with Gasteiger partial charge in [0.1, 0.15) is 6.04 Å². The highest BCUT2D eigenvalue weighted by Gasteiger charge is 2.28. The number of nitrogens with zero attached hydrogens (tertiary/aromatic N) is 1. The quantitative estimate of drug-likeness (QED) is 0.618. The smallest absolute Gasteiger partial charge is 0.242 e. The average Bonchev–Trinajstić information content (AvgIpc) is 2.75. The van der Waals surface area contributed by atoms with Gasteiger partial charge in [-0.2, -0.15) is 0 Å². The summed E-state index contributed by atoms with van der Waals surface area (Å²) in [4.78, 5) is 27.8. The summed E-state index contributed by atoms with van der Waals surface area (Å²) >= 11 is 12.3. The lowest BCUT2D eigenvalue weighted by Gasteiger charge is -2.31. The predicted octanol–water partition coefficient (Wildman–Crippen LogP) is 5.40. The molecule has 1 aliphatic rings. The molecule has 0 aromatic heterocycles. The van der Waals surface area contributed by atoms with Crippen LogP contribution >= 0.6 is 23.2 Å². The van der Waals surface area contributed by atoms with Crippen molar-refractivity contribution in [3.8, 4) is 0 Å². The highest BCUT2D eigenvalue weighted by atomic mass is 35.5. The molecule has 4 nitrogen and oxygen atoms in total. The van der Waals surface area contributed by atoms with Crippen molar-refractivity contribution in [3.05, 3.63) is 69.7 Å². The van der Waals surface area contributed by atoms with Crippen molar-refractivity contribution in [1.29, 1.82) is 0 Å². The average molecular weight is 447 g/mol. The molecule has 2 amide bonds. The maximum absolute atomic E-state index is 13.2. The number of amides is 2. The van der Waals surface area contributed by atoms with Crippen LogP contribution < -0.4 is 5.32 Å². The molecule has 0 unspecified atom stereocenters. The highest BCUT2D eigenvalue weighted by Crippen LogP contribution is 2.23. The Kier molecular flexibility index (Phi) is 8.17. The van der Waals surface area contributed by atoms with Gasteiger partial charge in [-0.15, -0.1) is 0 Å². The number of hydrogen-bond donors (Lipinski definition) is 1. The molecule has 0 radical (unpaired) electrons. The fourth-order valence-electron chi connectivity index (χ4n) is 3.86. The van der Waals surface area contributed by atoms with Gasteiger partial charge in [0.15, 0.2) is 0 Å². The van der Waals surface area contributed by atoms with Gasteiger partial charge < -0.3 is 10.2 Å². The molecule has 1 atom stereocenters. The van der Waals surface area contributed by atoms with Crippen LogP contribution in [0, 0.1) is 0 Å². The molecular weight excluding hydrogens is 419 g/mol. The molecule has 6 heteroatoms. The minimum atomic E-state index is -0.578. The van der Waals surface area contributed by atoms with E-state index in [0.717, 1.165) is 31.2 Å². The van der Waals surface area contributed by atoms with Crippen LogP contribution in [-0.4, -0.2) is 28.8 Å². The van der Waals surface area contributed by atoms with Crippen molar-refractivity contribution >= 4 is 35.0 Å². The van der Waals surface area contributed by atoms with E-state index in [1.54, 1.807) is 30.0 Å². The normalized spacial score (nSPS) is 15.4. The van der Waals surface area contributed by atoms with Crippen LogP contribution in [0.1, 0.15) is 50.2 Å². The summed E-state index contributed by atoms with van der Waals surface area (Å²) in [5.74, 6) is -0.247. The van der Waals surface area contributed by atoms with E-state index in [-0.39, 0.29) is 24.3 Å². The lowest BCUT2D eigenvalue weighted by molar-refractivity contribution is -0.140. The summed E-state index contributed by atoms with van der Waals surface area (Å²) < 4.78 is 0. The van der Waals surface area contributed by atoms with Crippen molar-refractivity contribution in [2.75, 3.05) is 0 Å². The molecule has 0 saturated heterocycles. The van der Waals surface area contributed by atoms with E-state index in [0.29, 0.717) is 22.2 Å². The molecular formula is C24H28Cl2N2O2. The molecule has 0 spiro atoms. The molecule has 1 saturated carbocycles. The Morgan fingerprint density at radius 1 is 1.07 bits per heavy atom. The van der Waals surface area contributed by atoms with Gasteiger partial charge in [-0.05, 0) is 43.0 Å².